The van der Waals surface area contributed by atoms with E-state index in [1.165, 1.54) is 6.07 Å². The lowest BCUT2D eigenvalue weighted by Crippen LogP contribution is -2.44. The SMILES string of the molecule is CC(C)(C)OC(=O)N[C@@H](c1cccc(C(F)(F)F)c1)C(C(=O)OCc1ccccc1)C(=O)OCc1ccccc1. The van der Waals surface area contributed by atoms with E-state index in [1.807, 2.05) is 0 Å². The number of halogens is 3. The molecule has 1 N–H and O–H groups in total. The predicted molar refractivity (Wildman–Crippen MR) is 140 cm³/mol. The van der Waals surface area contributed by atoms with Crippen LogP contribution in [0.3, 0.4) is 0 Å². The summed E-state index contributed by atoms with van der Waals surface area (Å²) in [5.41, 5.74) is -0.945. The Labute approximate surface area is 230 Å². The molecule has 3 aromatic carbocycles. The van der Waals surface area contributed by atoms with Gasteiger partial charge < -0.3 is 19.5 Å². The molecule has 0 aliphatic carbocycles. The maximum absolute atomic E-state index is 13.6. The van der Waals surface area contributed by atoms with Gasteiger partial charge in [-0.2, -0.15) is 13.2 Å². The fourth-order valence-electron chi connectivity index (χ4n) is 3.71. The predicted octanol–water partition coefficient (Wildman–Crippen LogP) is 6.37. The minimum atomic E-state index is -4.72. The zero-order valence-electron chi connectivity index (χ0n) is 22.2. The van der Waals surface area contributed by atoms with Crippen LogP contribution < -0.4 is 5.32 Å². The molecule has 1 atom stereocenters. The molecule has 0 spiro atoms. The van der Waals surface area contributed by atoms with Gasteiger partial charge in [0.1, 0.15) is 18.8 Å². The van der Waals surface area contributed by atoms with Crippen LogP contribution in [0.5, 0.6) is 0 Å². The zero-order chi connectivity index (χ0) is 29.3. The number of rotatable bonds is 9. The number of carbonyl (C=O) groups is 3. The third-order valence-corrected chi connectivity index (χ3v) is 5.53. The minimum Gasteiger partial charge on any atom is -0.460 e. The number of esters is 2. The van der Waals surface area contributed by atoms with Crippen LogP contribution in [-0.4, -0.2) is 23.6 Å². The maximum atomic E-state index is 13.6. The Morgan fingerprint density at radius 3 is 1.70 bits per heavy atom. The lowest BCUT2D eigenvalue weighted by Gasteiger charge is -2.28. The molecule has 212 valence electrons. The number of benzene rings is 3. The topological polar surface area (TPSA) is 90.9 Å². The van der Waals surface area contributed by atoms with E-state index in [4.69, 9.17) is 14.2 Å². The molecule has 3 aromatic rings. The van der Waals surface area contributed by atoms with E-state index in [2.05, 4.69) is 5.32 Å². The van der Waals surface area contributed by atoms with Gasteiger partial charge in [-0.1, -0.05) is 72.8 Å². The first-order chi connectivity index (χ1) is 18.8. The summed E-state index contributed by atoms with van der Waals surface area (Å²) in [5, 5.41) is 2.40. The third-order valence-electron chi connectivity index (χ3n) is 5.53. The molecular weight excluding hydrogens is 527 g/mol. The van der Waals surface area contributed by atoms with Crippen molar-refractivity contribution >= 4 is 18.0 Å². The summed E-state index contributed by atoms with van der Waals surface area (Å²) in [4.78, 5) is 39.6. The molecule has 0 aromatic heterocycles. The highest BCUT2D eigenvalue weighted by molar-refractivity contribution is 5.96. The molecule has 0 saturated heterocycles. The quantitative estimate of drug-likeness (QED) is 0.187. The van der Waals surface area contributed by atoms with Crippen molar-refractivity contribution in [3.8, 4) is 0 Å². The van der Waals surface area contributed by atoms with Crippen LogP contribution in [0.2, 0.25) is 0 Å². The van der Waals surface area contributed by atoms with E-state index in [9.17, 15) is 27.6 Å². The molecule has 0 bridgehead atoms. The van der Waals surface area contributed by atoms with Crippen LogP contribution in [0.15, 0.2) is 84.9 Å². The highest BCUT2D eigenvalue weighted by atomic mass is 19.4. The van der Waals surface area contributed by atoms with E-state index in [0.29, 0.717) is 11.1 Å². The Morgan fingerprint density at radius 2 is 1.25 bits per heavy atom. The largest absolute Gasteiger partial charge is 0.460 e. The number of amides is 1. The highest BCUT2D eigenvalue weighted by Crippen LogP contribution is 2.33. The second-order valence-electron chi connectivity index (χ2n) is 9.91. The molecule has 0 unspecified atom stereocenters. The average molecular weight is 558 g/mol. The second-order valence-corrected chi connectivity index (χ2v) is 9.91. The normalized spacial score (nSPS) is 12.4. The molecule has 0 aliphatic heterocycles. The van der Waals surface area contributed by atoms with Gasteiger partial charge in [-0.3, -0.25) is 9.59 Å². The summed E-state index contributed by atoms with van der Waals surface area (Å²) in [6.45, 7) is 4.33. The molecule has 40 heavy (non-hydrogen) atoms. The monoisotopic (exact) mass is 557 g/mol. The summed E-state index contributed by atoms with van der Waals surface area (Å²) in [6.07, 6.45) is -5.77. The van der Waals surface area contributed by atoms with Crippen molar-refractivity contribution in [3.05, 3.63) is 107 Å². The first-order valence-electron chi connectivity index (χ1n) is 12.4. The number of carbonyl (C=O) groups excluding carboxylic acids is 3. The summed E-state index contributed by atoms with van der Waals surface area (Å²) in [5.74, 6) is -4.05. The van der Waals surface area contributed by atoms with Crippen molar-refractivity contribution in [1.29, 1.82) is 0 Å². The van der Waals surface area contributed by atoms with Gasteiger partial charge in [0.05, 0.1) is 11.6 Å². The first kappa shape index (κ1) is 30.2. The number of alkyl carbamates (subject to hydrolysis) is 1. The molecule has 3 rings (SSSR count). The van der Waals surface area contributed by atoms with Gasteiger partial charge >= 0.3 is 24.2 Å². The Morgan fingerprint density at radius 1 is 0.750 bits per heavy atom. The van der Waals surface area contributed by atoms with Crippen molar-refractivity contribution in [1.82, 2.24) is 5.32 Å². The Bertz CT molecular complexity index is 1230. The van der Waals surface area contributed by atoms with E-state index < -0.39 is 47.3 Å². The maximum Gasteiger partial charge on any atom is 0.416 e. The van der Waals surface area contributed by atoms with Crippen molar-refractivity contribution in [3.63, 3.8) is 0 Å². The smallest absolute Gasteiger partial charge is 0.416 e. The van der Waals surface area contributed by atoms with Gasteiger partial charge in [0.25, 0.3) is 0 Å². The van der Waals surface area contributed by atoms with Crippen LogP contribution in [0.1, 0.15) is 49.1 Å². The average Bonchev–Trinajstić information content (AvgIpc) is 2.90. The molecule has 10 heteroatoms. The Kier molecular flexibility index (Phi) is 9.93. The molecule has 7 nitrogen and oxygen atoms in total. The molecule has 0 aliphatic rings. The Hall–Kier alpha value is -4.34. The molecule has 0 radical (unpaired) electrons. The molecular formula is C30H30F3NO6. The van der Waals surface area contributed by atoms with Gasteiger partial charge in [0, 0.05) is 0 Å². The van der Waals surface area contributed by atoms with E-state index in [0.717, 1.165) is 18.2 Å². The minimum absolute atomic E-state index is 0.168. The number of hydrogen-bond donors (Lipinski definition) is 1. The number of hydrogen-bond acceptors (Lipinski definition) is 6. The summed E-state index contributed by atoms with van der Waals surface area (Å²) in [6, 6.07) is 19.6. The van der Waals surface area contributed by atoms with E-state index in [-0.39, 0.29) is 18.8 Å². The van der Waals surface area contributed by atoms with Crippen molar-refractivity contribution in [2.24, 2.45) is 5.92 Å². The third kappa shape index (κ3) is 9.14. The fraction of sp³-hybridized carbons (Fsp3) is 0.300. The standard InChI is InChI=1S/C30H30F3NO6/c1-29(2,3)40-28(37)34-25(22-15-10-16-23(17-22)30(31,32)33)24(26(35)38-18-20-11-6-4-7-12-20)27(36)39-19-21-13-8-5-9-14-21/h4-17,24-25H,18-19H2,1-3H3,(H,34,37)/t25-/m0/s1. The molecule has 0 fully saturated rings. The number of alkyl halides is 3. The molecule has 0 heterocycles. The van der Waals surface area contributed by atoms with Crippen LogP contribution in [0.25, 0.3) is 0 Å². The van der Waals surface area contributed by atoms with Crippen LogP contribution in [0.4, 0.5) is 18.0 Å². The first-order valence-corrected chi connectivity index (χ1v) is 12.4. The van der Waals surface area contributed by atoms with E-state index >= 15 is 0 Å². The van der Waals surface area contributed by atoms with Crippen LogP contribution >= 0.6 is 0 Å². The number of ether oxygens (including phenoxy) is 3. The second kappa shape index (κ2) is 13.1. The summed E-state index contributed by atoms with van der Waals surface area (Å²) in [7, 11) is 0. The fourth-order valence-corrected chi connectivity index (χ4v) is 3.71. The van der Waals surface area contributed by atoms with Crippen LogP contribution in [0, 0.1) is 5.92 Å². The van der Waals surface area contributed by atoms with E-state index in [1.54, 1.807) is 81.4 Å². The molecule has 1 amide bonds. The summed E-state index contributed by atoms with van der Waals surface area (Å²) < 4.78 is 56.7. The van der Waals surface area contributed by atoms with Crippen molar-refractivity contribution in [2.75, 3.05) is 0 Å². The number of nitrogens with one attached hydrogen (secondary N) is 1. The van der Waals surface area contributed by atoms with Crippen molar-refractivity contribution in [2.45, 2.75) is 51.8 Å². The van der Waals surface area contributed by atoms with Gasteiger partial charge in [-0.05, 0) is 49.6 Å². The highest BCUT2D eigenvalue weighted by Gasteiger charge is 2.41. The van der Waals surface area contributed by atoms with Gasteiger partial charge in [-0.15, -0.1) is 0 Å². The summed E-state index contributed by atoms with van der Waals surface area (Å²) >= 11 is 0. The lowest BCUT2D eigenvalue weighted by atomic mass is 9.91. The Balaban J connectivity index is 2.00. The van der Waals surface area contributed by atoms with Crippen molar-refractivity contribution < 1.29 is 41.8 Å². The van der Waals surface area contributed by atoms with Crippen LogP contribution in [-0.2, 0) is 43.2 Å². The van der Waals surface area contributed by atoms with Gasteiger partial charge in [0.15, 0.2) is 5.92 Å². The van der Waals surface area contributed by atoms with Gasteiger partial charge in [0.2, 0.25) is 0 Å². The zero-order valence-corrected chi connectivity index (χ0v) is 22.2. The lowest BCUT2D eigenvalue weighted by molar-refractivity contribution is -0.165. The molecule has 0 saturated carbocycles. The van der Waals surface area contributed by atoms with Gasteiger partial charge in [-0.25, -0.2) is 4.79 Å².